The number of hydrogen-bond acceptors (Lipinski definition) is 31. The third-order valence-electron chi connectivity index (χ3n) is 16.2. The molecule has 7 heterocycles. The van der Waals surface area contributed by atoms with Gasteiger partial charge in [-0.25, -0.2) is 19.2 Å². The number of ketones is 1. The smallest absolute Gasteiger partial charge is 0.340 e. The van der Waals surface area contributed by atoms with Crippen LogP contribution in [0.5, 0.6) is 103 Å². The molecule has 1 spiro atoms. The normalized spacial score (nSPS) is 24.9. The molecular formula is C55H36O31. The van der Waals surface area contributed by atoms with Crippen LogP contribution in [-0.4, -0.2) is 170 Å². The Morgan fingerprint density at radius 1 is 0.442 bits per heavy atom. The molecule has 9 atom stereocenters. The quantitative estimate of drug-likeness (QED) is 0.0637. The fourth-order valence-corrected chi connectivity index (χ4v) is 12.4. The summed E-state index contributed by atoms with van der Waals surface area (Å²) in [4.78, 5) is 91.8. The minimum Gasteiger partial charge on any atom is -0.507 e. The summed E-state index contributed by atoms with van der Waals surface area (Å²) in [6.45, 7) is -1.59. The second-order valence-corrected chi connectivity index (χ2v) is 20.6. The number of aromatic hydroxyl groups is 16. The number of phenolic OH excluding ortho intramolecular Hbond substituents is 16. The number of rotatable bonds is 1. The molecule has 6 bridgehead atoms. The van der Waals surface area contributed by atoms with Gasteiger partial charge in [0.1, 0.15) is 29.8 Å². The van der Waals surface area contributed by atoms with Gasteiger partial charge in [0.25, 0.3) is 0 Å². The number of aliphatic hydroxyl groups excluding tert-OH is 2. The van der Waals surface area contributed by atoms with E-state index in [1.807, 2.05) is 0 Å². The highest BCUT2D eigenvalue weighted by atomic mass is 16.6. The van der Waals surface area contributed by atoms with Crippen LogP contribution in [0.1, 0.15) is 75.7 Å². The lowest BCUT2D eigenvalue weighted by atomic mass is 9.66. The van der Waals surface area contributed by atoms with Crippen molar-refractivity contribution < 1.29 is 154 Å². The van der Waals surface area contributed by atoms with Crippen molar-refractivity contribution in [1.29, 1.82) is 0 Å². The van der Waals surface area contributed by atoms with Crippen LogP contribution in [0.3, 0.4) is 0 Å². The van der Waals surface area contributed by atoms with Crippen molar-refractivity contribution in [3.8, 4) is 126 Å². The Morgan fingerprint density at radius 3 is 1.52 bits per heavy atom. The Bertz CT molecular complexity index is 4270. The first-order chi connectivity index (χ1) is 40.6. The second-order valence-electron chi connectivity index (χ2n) is 20.6. The maximum atomic E-state index is 15.8. The van der Waals surface area contributed by atoms with Crippen molar-refractivity contribution in [1.82, 2.24) is 0 Å². The van der Waals surface area contributed by atoms with Crippen molar-refractivity contribution in [3.63, 3.8) is 0 Å². The van der Waals surface area contributed by atoms with Crippen LogP contribution < -0.4 is 9.47 Å². The van der Waals surface area contributed by atoms with Gasteiger partial charge >= 0.3 is 29.8 Å². The van der Waals surface area contributed by atoms with Gasteiger partial charge in [-0.2, -0.15) is 0 Å². The zero-order valence-electron chi connectivity index (χ0n) is 42.4. The number of aliphatic hydroxyl groups is 2. The maximum absolute atomic E-state index is 15.8. The first-order valence-corrected chi connectivity index (χ1v) is 24.9. The molecule has 1 saturated heterocycles. The van der Waals surface area contributed by atoms with Crippen LogP contribution in [0.15, 0.2) is 42.2 Å². The molecule has 31 nitrogen and oxygen atoms in total. The van der Waals surface area contributed by atoms with E-state index in [2.05, 4.69) is 0 Å². The standard InChI is InChI=1S/C55H36O31/c56-14-7-21-26(45-10(14)3-20(62)44(82-45)9-1-15(57)33(63)16(58)2-9)31-47-48-46-22(8-80-50(75)11-4-17(59)34(64)37(67)23(11)24-12(52(77)83-46)5-18(60)35(65)38(24)68)81-51(76)13-6-19(61)36(66)39(69)25(13)27-29(53(78)85-48)28(41(71)43(73)40(27)70)30-32(54(79)84-47)55(31,86-21)49(74)42(30)72/h1-2,4-7,20,22,31-32,44,46-48,56-73H,3,8H2/t20-,22-,31-,32+,44+,46-,47+,48+,55-/m1/s1. The summed E-state index contributed by atoms with van der Waals surface area (Å²) in [5.41, 5.74) is -17.2. The third kappa shape index (κ3) is 6.80. The highest BCUT2D eigenvalue weighted by molar-refractivity contribution is 6.22. The SMILES string of the molecule is O=C1OC[C@H]2OC(=O)c3cc(O)c(O)c(O)c3-c3c(O)c(O)c(O)c4c3C(=O)O[C@H]([C@H]3OC(=O)[C@@H]5C4=C(O)C(=O)[C@]54Oc5cc(O)c6c(c5[C@H]34)O[C@@H](c3cc(O)c(O)c(O)c3)[C@H](O)C6)[C@@H]2OC(=O)c2cc(O)c(O)c(O)c2-c2c1cc(O)c(O)c2O. The average Bonchev–Trinajstić information content (AvgIpc) is 1.49. The Balaban J connectivity index is 1.15. The number of esters is 5. The average molecular weight is 1190 g/mol. The number of Topliss-reactive ketones (excluding diaryl/α,β-unsaturated/α-hetero) is 1. The number of cyclic esters (lactones) is 1. The van der Waals surface area contributed by atoms with E-state index in [1.54, 1.807) is 0 Å². The molecule has 0 saturated carbocycles. The molecule has 7 aliphatic heterocycles. The fourth-order valence-electron chi connectivity index (χ4n) is 12.4. The van der Waals surface area contributed by atoms with E-state index >= 15 is 24.0 Å². The van der Waals surface area contributed by atoms with E-state index in [1.165, 1.54) is 0 Å². The number of phenols is 16. The second kappa shape index (κ2) is 17.6. The molecule has 442 valence electrons. The van der Waals surface area contributed by atoms with E-state index in [9.17, 15) is 96.7 Å². The molecule has 0 radical (unpaired) electrons. The highest BCUT2D eigenvalue weighted by Gasteiger charge is 2.76. The van der Waals surface area contributed by atoms with E-state index in [0.29, 0.717) is 18.2 Å². The molecule has 1 aliphatic carbocycles. The molecule has 0 aromatic heterocycles. The summed E-state index contributed by atoms with van der Waals surface area (Å²) in [5, 5.41) is 202. The lowest BCUT2D eigenvalue weighted by molar-refractivity contribution is -0.200. The predicted molar refractivity (Wildman–Crippen MR) is 268 cm³/mol. The highest BCUT2D eigenvalue weighted by Crippen LogP contribution is 2.68. The molecule has 1 fully saturated rings. The van der Waals surface area contributed by atoms with E-state index in [4.69, 9.17) is 33.2 Å². The van der Waals surface area contributed by atoms with Crippen LogP contribution >= 0.6 is 0 Å². The van der Waals surface area contributed by atoms with E-state index < -0.39 is 273 Å². The molecule has 14 rings (SSSR count). The van der Waals surface area contributed by atoms with E-state index in [0.717, 1.165) is 18.2 Å². The first kappa shape index (κ1) is 53.5. The number of ether oxygens (including phenoxy) is 7. The third-order valence-corrected chi connectivity index (χ3v) is 16.2. The van der Waals surface area contributed by atoms with Gasteiger partial charge in [-0.15, -0.1) is 0 Å². The minimum absolute atomic E-state index is 0.286. The van der Waals surface area contributed by atoms with Crippen LogP contribution in [0.4, 0.5) is 0 Å². The van der Waals surface area contributed by atoms with Crippen molar-refractivity contribution >= 4 is 41.2 Å². The van der Waals surface area contributed by atoms with E-state index in [-0.39, 0.29) is 11.1 Å². The van der Waals surface area contributed by atoms with Gasteiger partial charge in [0, 0.05) is 62.6 Å². The fraction of sp³-hybridized carbons (Fsp3) is 0.200. The zero-order valence-corrected chi connectivity index (χ0v) is 42.4. The molecule has 0 unspecified atom stereocenters. The molecule has 31 heteroatoms. The van der Waals surface area contributed by atoms with Gasteiger partial charge in [0.15, 0.2) is 99.5 Å². The summed E-state index contributed by atoms with van der Waals surface area (Å²) in [5.74, 6) is -41.3. The minimum atomic E-state index is -3.18. The monoisotopic (exact) mass is 1190 g/mol. The zero-order chi connectivity index (χ0) is 61.7. The first-order valence-electron chi connectivity index (χ1n) is 24.9. The lowest BCUT2D eigenvalue weighted by Gasteiger charge is -2.47. The molecule has 6 aromatic rings. The Kier molecular flexibility index (Phi) is 11.0. The van der Waals surface area contributed by atoms with Gasteiger partial charge in [-0.05, 0) is 30.3 Å². The number of fused-ring (bicyclic) bond motifs is 10. The Hall–Kier alpha value is -11.8. The largest absolute Gasteiger partial charge is 0.507 e. The molecule has 0 amide bonds. The van der Waals surface area contributed by atoms with Crippen molar-refractivity contribution in [3.05, 3.63) is 86.7 Å². The number of hydrogen-bond donors (Lipinski definition) is 18. The van der Waals surface area contributed by atoms with Gasteiger partial charge in [-0.3, -0.25) is 9.59 Å². The predicted octanol–water partition coefficient (Wildman–Crippen LogP) is 2.13. The summed E-state index contributed by atoms with van der Waals surface area (Å²) < 4.78 is 42.6. The van der Waals surface area contributed by atoms with Gasteiger partial charge < -0.3 is 125 Å². The number of carbonyl (C=O) groups is 6. The molecule has 86 heavy (non-hydrogen) atoms. The van der Waals surface area contributed by atoms with Gasteiger partial charge in [-0.1, -0.05) is 0 Å². The Labute approximate surface area is 473 Å². The maximum Gasteiger partial charge on any atom is 0.340 e. The Morgan fingerprint density at radius 2 is 0.942 bits per heavy atom. The molecular weight excluding hydrogens is 1160 g/mol. The summed E-state index contributed by atoms with van der Waals surface area (Å²) in [6, 6.07) is 3.55. The van der Waals surface area contributed by atoms with Crippen LogP contribution in [0.2, 0.25) is 0 Å². The summed E-state index contributed by atoms with van der Waals surface area (Å²) in [7, 11) is 0. The summed E-state index contributed by atoms with van der Waals surface area (Å²) in [6.07, 6.45) is -15.4. The number of carbonyl (C=O) groups excluding carboxylic acids is 6. The number of benzene rings is 6. The van der Waals surface area contributed by atoms with Crippen molar-refractivity contribution in [2.75, 3.05) is 6.61 Å². The van der Waals surface area contributed by atoms with Crippen LogP contribution in [-0.2, 0) is 39.7 Å². The molecule has 18 N–H and O–H groups in total. The summed E-state index contributed by atoms with van der Waals surface area (Å²) >= 11 is 0. The van der Waals surface area contributed by atoms with Gasteiger partial charge in [0.2, 0.25) is 34.4 Å². The van der Waals surface area contributed by atoms with Crippen molar-refractivity contribution in [2.24, 2.45) is 5.92 Å². The van der Waals surface area contributed by atoms with Crippen LogP contribution in [0.25, 0.3) is 27.8 Å². The van der Waals surface area contributed by atoms with Gasteiger partial charge in [0.05, 0.1) is 34.3 Å². The topological polar surface area (TPSA) is 531 Å². The lowest BCUT2D eigenvalue weighted by Crippen LogP contribution is -2.65. The van der Waals surface area contributed by atoms with Crippen molar-refractivity contribution in [2.45, 2.75) is 54.6 Å². The molecule has 6 aromatic carbocycles. The van der Waals surface area contributed by atoms with Crippen LogP contribution in [0, 0.1) is 5.92 Å². The molecule has 8 aliphatic rings.